The van der Waals surface area contributed by atoms with Gasteiger partial charge in [0.1, 0.15) is 6.10 Å². The maximum atomic E-state index is 12.5. The van der Waals surface area contributed by atoms with Gasteiger partial charge >= 0.3 is 5.97 Å². The number of hydrogen-bond donors (Lipinski definition) is 4. The second-order valence-electron chi connectivity index (χ2n) is 22.0. The molecule has 4 N–H and O–H groups in total. The van der Waals surface area contributed by atoms with E-state index in [1.807, 2.05) is 12.2 Å². The van der Waals surface area contributed by atoms with Gasteiger partial charge in [0.2, 0.25) is 5.91 Å². The van der Waals surface area contributed by atoms with E-state index in [0.717, 1.165) is 57.8 Å². The predicted molar refractivity (Wildman–Crippen MR) is 307 cm³/mol. The van der Waals surface area contributed by atoms with Crippen LogP contribution < -0.4 is 5.32 Å². The maximum Gasteiger partial charge on any atom is 0.330 e. The van der Waals surface area contributed by atoms with Crippen molar-refractivity contribution >= 4 is 11.9 Å². The van der Waals surface area contributed by atoms with Gasteiger partial charge in [-0.25, -0.2) is 4.79 Å². The lowest BCUT2D eigenvalue weighted by molar-refractivity contribution is -0.137. The van der Waals surface area contributed by atoms with Crippen LogP contribution >= 0.6 is 0 Å². The van der Waals surface area contributed by atoms with Crippen LogP contribution in [-0.4, -0.2) is 58.7 Å². The first-order chi connectivity index (χ1) is 35.0. The van der Waals surface area contributed by atoms with Crippen LogP contribution in [0.2, 0.25) is 0 Å². The standard InChI is InChI=1S/C64H123NO6/c1-3-5-7-9-11-13-15-17-29-33-37-41-45-49-53-57-63(69)71-58-54-50-46-42-38-34-31-28-26-24-22-20-18-19-21-23-25-27-30-32-36-40-44-48-52-56-62(68)65-60(59-66)64(70)61(67)55-51-47-43-39-35-16-14-12-10-8-6-4-2/h45,49,53,57,60-61,64,66-67,70H,3-44,46-48,50-52,54-56,58-59H2,1-2H3,(H,65,68)/t60-,61?,64+/m1/s1. The molecule has 0 saturated carbocycles. The molecule has 7 heteroatoms. The average molecular weight is 1000 g/mol. The van der Waals surface area contributed by atoms with E-state index < -0.39 is 18.2 Å². The SMILES string of the molecule is CCCCCCCCCCCCCC=CC=CC(=O)OCCCCCCCCCCCCCCCCCCCCCCCCCCCC(=O)N[C@H](CO)[C@H](O)C(O)CCCCCCCCCCCCCC. The van der Waals surface area contributed by atoms with Gasteiger partial charge in [-0.3, -0.25) is 4.79 Å². The summed E-state index contributed by atoms with van der Waals surface area (Å²) in [5, 5.41) is 33.7. The van der Waals surface area contributed by atoms with Gasteiger partial charge in [-0.1, -0.05) is 321 Å². The molecule has 71 heavy (non-hydrogen) atoms. The fourth-order valence-corrected chi connectivity index (χ4v) is 10.1. The van der Waals surface area contributed by atoms with Gasteiger partial charge in [0.25, 0.3) is 0 Å². The molecule has 0 spiro atoms. The van der Waals surface area contributed by atoms with E-state index in [0.29, 0.717) is 19.4 Å². The number of allylic oxidation sites excluding steroid dienone is 3. The Balaban J connectivity index is 3.42. The van der Waals surface area contributed by atoms with Crippen molar-refractivity contribution in [2.24, 2.45) is 0 Å². The van der Waals surface area contributed by atoms with Crippen molar-refractivity contribution in [1.82, 2.24) is 5.32 Å². The monoisotopic (exact) mass is 1000 g/mol. The summed E-state index contributed by atoms with van der Waals surface area (Å²) in [6.07, 6.45) is 69.8. The van der Waals surface area contributed by atoms with Crippen LogP contribution in [0.5, 0.6) is 0 Å². The third-order valence-electron chi connectivity index (χ3n) is 14.9. The Hall–Kier alpha value is -1.70. The number of unbranched alkanes of at least 4 members (excludes halogenated alkanes) is 46. The van der Waals surface area contributed by atoms with Gasteiger partial charge in [-0.15, -0.1) is 0 Å². The zero-order chi connectivity index (χ0) is 51.6. The number of rotatable bonds is 59. The fourth-order valence-electron chi connectivity index (χ4n) is 10.1. The normalized spacial score (nSPS) is 13.1. The average Bonchev–Trinajstić information content (AvgIpc) is 3.37. The van der Waals surface area contributed by atoms with E-state index in [9.17, 15) is 24.9 Å². The zero-order valence-electron chi connectivity index (χ0n) is 47.6. The molecule has 0 heterocycles. The molecule has 1 amide bonds. The van der Waals surface area contributed by atoms with E-state index in [2.05, 4.69) is 25.2 Å². The van der Waals surface area contributed by atoms with Crippen molar-refractivity contribution in [3.63, 3.8) is 0 Å². The highest BCUT2D eigenvalue weighted by atomic mass is 16.5. The third-order valence-corrected chi connectivity index (χ3v) is 14.9. The minimum absolute atomic E-state index is 0.146. The van der Waals surface area contributed by atoms with Crippen LogP contribution in [0.15, 0.2) is 24.3 Å². The van der Waals surface area contributed by atoms with E-state index >= 15 is 0 Å². The topological polar surface area (TPSA) is 116 Å². The Kier molecular flexibility index (Phi) is 57.8. The molecular formula is C64H123NO6. The smallest absolute Gasteiger partial charge is 0.330 e. The van der Waals surface area contributed by atoms with E-state index in [-0.39, 0.29) is 18.5 Å². The number of hydrogen-bond acceptors (Lipinski definition) is 6. The highest BCUT2D eigenvalue weighted by Gasteiger charge is 2.26. The van der Waals surface area contributed by atoms with Gasteiger partial charge in [0.05, 0.1) is 25.4 Å². The number of nitrogens with one attached hydrogen (secondary N) is 1. The molecular weight excluding hydrogens is 879 g/mol. The molecule has 420 valence electrons. The number of esters is 1. The summed E-state index contributed by atoms with van der Waals surface area (Å²) in [4.78, 5) is 24.4. The van der Waals surface area contributed by atoms with Crippen molar-refractivity contribution in [3.05, 3.63) is 24.3 Å². The molecule has 1 unspecified atom stereocenters. The number of carbonyl (C=O) groups excluding carboxylic acids is 2. The van der Waals surface area contributed by atoms with Gasteiger partial charge in [0, 0.05) is 12.5 Å². The molecule has 0 saturated heterocycles. The highest BCUT2D eigenvalue weighted by Crippen LogP contribution is 2.18. The second kappa shape index (κ2) is 59.2. The first-order valence-electron chi connectivity index (χ1n) is 31.7. The van der Waals surface area contributed by atoms with Crippen molar-refractivity contribution < 1.29 is 29.6 Å². The third kappa shape index (κ3) is 54.4. The molecule has 0 aliphatic heterocycles. The second-order valence-corrected chi connectivity index (χ2v) is 22.0. The van der Waals surface area contributed by atoms with E-state index in [1.165, 1.54) is 257 Å². The Morgan fingerprint density at radius 1 is 0.423 bits per heavy atom. The maximum absolute atomic E-state index is 12.5. The Labute approximate surface area is 442 Å². The fraction of sp³-hybridized carbons (Fsp3) is 0.906. The minimum Gasteiger partial charge on any atom is -0.463 e. The minimum atomic E-state index is -1.14. The molecule has 0 aliphatic rings. The number of aliphatic hydroxyl groups excluding tert-OH is 3. The van der Waals surface area contributed by atoms with Crippen LogP contribution in [0.25, 0.3) is 0 Å². The molecule has 0 bridgehead atoms. The van der Waals surface area contributed by atoms with Crippen LogP contribution in [0, 0.1) is 0 Å². The molecule has 7 nitrogen and oxygen atoms in total. The van der Waals surface area contributed by atoms with Crippen LogP contribution in [-0.2, 0) is 14.3 Å². The summed E-state index contributed by atoms with van der Waals surface area (Å²) >= 11 is 0. The summed E-state index contributed by atoms with van der Waals surface area (Å²) in [6, 6.07) is -0.813. The Bertz CT molecular complexity index is 1130. The number of amides is 1. The van der Waals surface area contributed by atoms with Crippen LogP contribution in [0.3, 0.4) is 0 Å². The molecule has 0 aromatic rings. The molecule has 0 aliphatic carbocycles. The van der Waals surface area contributed by atoms with Crippen molar-refractivity contribution in [2.75, 3.05) is 13.2 Å². The number of carbonyl (C=O) groups is 2. The molecule has 0 rings (SSSR count). The van der Waals surface area contributed by atoms with Crippen molar-refractivity contribution in [2.45, 2.75) is 360 Å². The first kappa shape index (κ1) is 69.3. The molecule has 3 atom stereocenters. The van der Waals surface area contributed by atoms with Crippen LogP contribution in [0.1, 0.15) is 341 Å². The lowest BCUT2D eigenvalue weighted by atomic mass is 9.99. The van der Waals surface area contributed by atoms with Gasteiger partial charge < -0.3 is 25.4 Å². The summed E-state index contributed by atoms with van der Waals surface area (Å²) in [7, 11) is 0. The largest absolute Gasteiger partial charge is 0.463 e. The van der Waals surface area contributed by atoms with E-state index in [4.69, 9.17) is 4.74 Å². The summed E-state index contributed by atoms with van der Waals surface area (Å²) < 4.78 is 5.37. The van der Waals surface area contributed by atoms with Crippen molar-refractivity contribution in [3.8, 4) is 0 Å². The summed E-state index contributed by atoms with van der Waals surface area (Å²) in [6.45, 7) is 4.71. The predicted octanol–water partition coefficient (Wildman–Crippen LogP) is 18.8. The molecule has 0 fully saturated rings. The van der Waals surface area contributed by atoms with Gasteiger partial charge in [-0.2, -0.15) is 0 Å². The number of ether oxygens (including phenoxy) is 1. The summed E-state index contributed by atoms with van der Waals surface area (Å²) in [5.41, 5.74) is 0. The van der Waals surface area contributed by atoms with E-state index in [1.54, 1.807) is 6.08 Å². The molecule has 0 aromatic carbocycles. The molecule has 0 aromatic heterocycles. The van der Waals surface area contributed by atoms with Gasteiger partial charge in [-0.05, 0) is 32.1 Å². The zero-order valence-corrected chi connectivity index (χ0v) is 47.6. The lowest BCUT2D eigenvalue weighted by Gasteiger charge is -2.26. The Morgan fingerprint density at radius 3 is 1.11 bits per heavy atom. The molecule has 0 radical (unpaired) electrons. The van der Waals surface area contributed by atoms with Gasteiger partial charge in [0.15, 0.2) is 0 Å². The quantitative estimate of drug-likeness (QED) is 0.0209. The van der Waals surface area contributed by atoms with Crippen LogP contribution in [0.4, 0.5) is 0 Å². The first-order valence-corrected chi connectivity index (χ1v) is 31.7. The Morgan fingerprint density at radius 2 is 0.746 bits per heavy atom. The number of aliphatic hydroxyl groups is 3. The summed E-state index contributed by atoms with van der Waals surface area (Å²) in [5.74, 6) is -0.361. The van der Waals surface area contributed by atoms with Crippen molar-refractivity contribution in [1.29, 1.82) is 0 Å². The highest BCUT2D eigenvalue weighted by molar-refractivity contribution is 5.82. The lowest BCUT2D eigenvalue weighted by Crippen LogP contribution is -2.50.